The molecule has 2 aromatic rings. The molecule has 11 nitrogen and oxygen atoms in total. The maximum Gasteiger partial charge on any atom is 0.330 e. The Labute approximate surface area is 281 Å². The third-order valence-electron chi connectivity index (χ3n) is 10.3. The Hall–Kier alpha value is -3.77. The molecule has 2 amide bonds. The minimum Gasteiger partial charge on any atom is -0.479 e. The van der Waals surface area contributed by atoms with Crippen LogP contribution in [0.5, 0.6) is 0 Å². The quantitative estimate of drug-likeness (QED) is 0.354. The van der Waals surface area contributed by atoms with Gasteiger partial charge in [0.1, 0.15) is 17.2 Å². The summed E-state index contributed by atoms with van der Waals surface area (Å²) in [6.45, 7) is 5.52. The van der Waals surface area contributed by atoms with Crippen molar-refractivity contribution in [2.45, 2.75) is 87.8 Å². The summed E-state index contributed by atoms with van der Waals surface area (Å²) < 4.78 is 35.1. The number of benzene rings is 2. The second-order valence-electron chi connectivity index (χ2n) is 14.8. The maximum absolute atomic E-state index is 14.4. The van der Waals surface area contributed by atoms with Crippen molar-refractivity contribution in [2.75, 3.05) is 19.6 Å². The normalized spacial score (nSPS) is 30.7. The molecule has 12 heteroatoms. The van der Waals surface area contributed by atoms with Gasteiger partial charge in [0.25, 0.3) is 0 Å². The molecule has 4 aliphatic rings. The number of esters is 1. The fraction of sp³-hybridized carbons (Fsp3) is 0.556. The van der Waals surface area contributed by atoms with Crippen LogP contribution in [-0.4, -0.2) is 83.3 Å². The monoisotopic (exact) mass is 679 g/mol. The van der Waals surface area contributed by atoms with Crippen molar-refractivity contribution >= 4 is 44.5 Å². The first-order chi connectivity index (χ1) is 22.7. The minimum atomic E-state index is -3.97. The molecule has 2 saturated heterocycles. The summed E-state index contributed by atoms with van der Waals surface area (Å²) in [5, 5.41) is 14.4. The lowest BCUT2D eigenvalue weighted by molar-refractivity contribution is -0.159. The molecule has 6 rings (SSSR count). The Bertz CT molecular complexity index is 1750. The summed E-state index contributed by atoms with van der Waals surface area (Å²) in [5.41, 5.74) is -2.21. The summed E-state index contributed by atoms with van der Waals surface area (Å²) in [7, 11) is -3.97. The third-order valence-corrected chi connectivity index (χ3v) is 12.2. The van der Waals surface area contributed by atoms with Crippen LogP contribution in [-0.2, 0) is 33.9 Å². The van der Waals surface area contributed by atoms with Crippen LogP contribution in [0.25, 0.3) is 10.8 Å². The van der Waals surface area contributed by atoms with Crippen LogP contribution < -0.4 is 5.32 Å². The number of aliphatic carboxylic acids is 1. The van der Waals surface area contributed by atoms with Gasteiger partial charge < -0.3 is 20.1 Å². The van der Waals surface area contributed by atoms with Gasteiger partial charge in [0.05, 0.1) is 11.3 Å². The van der Waals surface area contributed by atoms with Gasteiger partial charge in [0.15, 0.2) is 0 Å². The van der Waals surface area contributed by atoms with Gasteiger partial charge in [-0.3, -0.25) is 14.4 Å². The van der Waals surface area contributed by atoms with E-state index in [1.807, 2.05) is 30.4 Å². The van der Waals surface area contributed by atoms with Gasteiger partial charge in [-0.15, -0.1) is 0 Å². The summed E-state index contributed by atoms with van der Waals surface area (Å²) >= 11 is 0. The second-order valence-corrected chi connectivity index (χ2v) is 16.7. The number of carboxylic acids is 1. The Morgan fingerprint density at radius 1 is 1.02 bits per heavy atom. The van der Waals surface area contributed by atoms with Crippen LogP contribution in [0.4, 0.5) is 0 Å². The molecule has 0 bridgehead atoms. The van der Waals surface area contributed by atoms with Gasteiger partial charge in [0.2, 0.25) is 21.8 Å². The average molecular weight is 680 g/mol. The van der Waals surface area contributed by atoms with Gasteiger partial charge in [-0.2, -0.15) is 4.31 Å². The van der Waals surface area contributed by atoms with Crippen molar-refractivity contribution < 1.29 is 37.4 Å². The highest BCUT2D eigenvalue weighted by Crippen LogP contribution is 2.47. The lowest BCUT2D eigenvalue weighted by Gasteiger charge is -2.32. The molecule has 1 saturated carbocycles. The van der Waals surface area contributed by atoms with Crippen LogP contribution >= 0.6 is 0 Å². The largest absolute Gasteiger partial charge is 0.479 e. The van der Waals surface area contributed by atoms with E-state index in [9.17, 15) is 32.7 Å². The number of amides is 2. The molecule has 2 aromatic carbocycles. The number of fused-ring (bicyclic) bond motifs is 5. The van der Waals surface area contributed by atoms with E-state index < -0.39 is 56.9 Å². The maximum atomic E-state index is 14.4. The molecule has 0 radical (unpaired) electrons. The SMILES string of the molecule is CC(C)(C)OC(=O)C[C@@H]1CCCCC/C=C\[C@@H]2C[C@@]2(C(=O)O)NC(=O)[C@@H]2[C@H]3CN(S(=O)(=O)c4cccc5ccccc45)C[C@H]3CN2C1=O. The average Bonchev–Trinajstić information content (AvgIpc) is 3.36. The Kier molecular flexibility index (Phi) is 9.18. The molecule has 2 N–H and O–H groups in total. The van der Waals surface area contributed by atoms with Crippen molar-refractivity contribution in [2.24, 2.45) is 23.7 Å². The molecule has 0 unspecified atom stereocenters. The highest BCUT2D eigenvalue weighted by atomic mass is 32.2. The molecule has 6 atom stereocenters. The van der Waals surface area contributed by atoms with E-state index in [1.54, 1.807) is 45.0 Å². The van der Waals surface area contributed by atoms with E-state index in [0.717, 1.165) is 24.6 Å². The highest BCUT2D eigenvalue weighted by Gasteiger charge is 2.63. The number of nitrogens with zero attached hydrogens (tertiary/aromatic N) is 2. The summed E-state index contributed by atoms with van der Waals surface area (Å²) in [6.07, 6.45) is 7.45. The number of carboxylic acid groups (broad SMARTS) is 1. The zero-order valence-corrected chi connectivity index (χ0v) is 28.6. The number of sulfonamides is 1. The molecule has 1 aliphatic carbocycles. The Balaban J connectivity index is 1.32. The Morgan fingerprint density at radius 2 is 1.77 bits per heavy atom. The number of carbonyl (C=O) groups excluding carboxylic acids is 3. The zero-order valence-electron chi connectivity index (χ0n) is 27.8. The van der Waals surface area contributed by atoms with E-state index in [-0.39, 0.29) is 55.1 Å². The first kappa shape index (κ1) is 34.1. The van der Waals surface area contributed by atoms with Crippen molar-refractivity contribution in [1.29, 1.82) is 0 Å². The number of allylic oxidation sites excluding steroid dienone is 1. The van der Waals surface area contributed by atoms with Crippen LogP contribution in [0, 0.1) is 23.7 Å². The predicted octanol–water partition coefficient (Wildman–Crippen LogP) is 4.12. The van der Waals surface area contributed by atoms with E-state index in [1.165, 1.54) is 9.21 Å². The van der Waals surface area contributed by atoms with Crippen LogP contribution in [0.1, 0.15) is 65.7 Å². The van der Waals surface area contributed by atoms with E-state index in [4.69, 9.17) is 4.74 Å². The standard InChI is InChI=1S/C36H45N3O8S/c1-35(2,3)47-30(40)18-24-13-7-5-4-6-8-15-26-19-36(26,34(43)44)37-32(41)31-28-22-38(20-25(28)21-39(31)33(24)42)48(45,46)29-17-11-14-23-12-9-10-16-27(23)29/h8-12,14-17,24-26,28,31H,4-7,13,18-22H2,1-3H3,(H,37,41)(H,43,44)/b15-8-/t24-,25-,26+,28-,31-,36+/m0/s1. The van der Waals surface area contributed by atoms with Crippen LogP contribution in [0.3, 0.4) is 0 Å². The molecule has 48 heavy (non-hydrogen) atoms. The molecule has 0 aromatic heterocycles. The van der Waals surface area contributed by atoms with Crippen molar-refractivity contribution in [1.82, 2.24) is 14.5 Å². The third kappa shape index (κ3) is 6.61. The summed E-state index contributed by atoms with van der Waals surface area (Å²) in [5.74, 6) is -4.63. The molecule has 3 heterocycles. The fourth-order valence-corrected chi connectivity index (χ4v) is 9.55. The lowest BCUT2D eigenvalue weighted by Crippen LogP contribution is -2.56. The van der Waals surface area contributed by atoms with Crippen LogP contribution in [0.15, 0.2) is 59.5 Å². The molecular formula is C36H45N3O8S. The van der Waals surface area contributed by atoms with Crippen molar-refractivity contribution in [3.05, 3.63) is 54.6 Å². The fourth-order valence-electron chi connectivity index (χ4n) is 7.80. The van der Waals surface area contributed by atoms with E-state index >= 15 is 0 Å². The van der Waals surface area contributed by atoms with Gasteiger partial charge >= 0.3 is 11.9 Å². The number of carbonyl (C=O) groups is 4. The predicted molar refractivity (Wildman–Crippen MR) is 178 cm³/mol. The topological polar surface area (TPSA) is 150 Å². The van der Waals surface area contributed by atoms with Crippen LogP contribution in [0.2, 0.25) is 0 Å². The molecule has 0 spiro atoms. The number of rotatable bonds is 5. The first-order valence-electron chi connectivity index (χ1n) is 16.9. The van der Waals surface area contributed by atoms with Gasteiger partial charge in [-0.1, -0.05) is 61.4 Å². The molecule has 3 aliphatic heterocycles. The number of ether oxygens (including phenoxy) is 1. The summed E-state index contributed by atoms with van der Waals surface area (Å²) in [4.78, 5) is 55.8. The number of nitrogens with one attached hydrogen (secondary N) is 1. The summed E-state index contributed by atoms with van der Waals surface area (Å²) in [6, 6.07) is 11.3. The van der Waals surface area contributed by atoms with Gasteiger partial charge in [0, 0.05) is 42.8 Å². The lowest BCUT2D eigenvalue weighted by atomic mass is 9.92. The zero-order chi connectivity index (χ0) is 34.4. The molecule has 258 valence electrons. The first-order valence-corrected chi connectivity index (χ1v) is 18.4. The Morgan fingerprint density at radius 3 is 2.52 bits per heavy atom. The highest BCUT2D eigenvalue weighted by molar-refractivity contribution is 7.89. The van der Waals surface area contributed by atoms with E-state index in [2.05, 4.69) is 5.32 Å². The van der Waals surface area contributed by atoms with Crippen molar-refractivity contribution in [3.8, 4) is 0 Å². The minimum absolute atomic E-state index is 0.00176. The number of hydrogen-bond acceptors (Lipinski definition) is 7. The van der Waals surface area contributed by atoms with E-state index in [0.29, 0.717) is 18.2 Å². The second kappa shape index (κ2) is 12.9. The molecular weight excluding hydrogens is 634 g/mol. The molecule has 3 fully saturated rings. The van der Waals surface area contributed by atoms with Crippen molar-refractivity contribution in [3.63, 3.8) is 0 Å². The number of hydrogen-bond donors (Lipinski definition) is 2. The smallest absolute Gasteiger partial charge is 0.330 e. The van der Waals surface area contributed by atoms with Gasteiger partial charge in [-0.05, 0) is 63.8 Å². The van der Waals surface area contributed by atoms with Gasteiger partial charge in [-0.25, -0.2) is 13.2 Å².